The molecule has 2 heterocycles. The van der Waals surface area contributed by atoms with Crippen LogP contribution >= 0.6 is 0 Å². The number of amides is 2. The molecule has 2 amide bonds. The molecular weight excluding hydrogens is 222 g/mol. The summed E-state index contributed by atoms with van der Waals surface area (Å²) >= 11 is 0. The second kappa shape index (κ2) is 5.01. The number of hydrogen-bond donors (Lipinski definition) is 2. The van der Waals surface area contributed by atoms with Crippen LogP contribution in [0.2, 0.25) is 0 Å². The highest BCUT2D eigenvalue weighted by Crippen LogP contribution is 2.14. The summed E-state index contributed by atoms with van der Waals surface area (Å²) in [6, 6.07) is -0.590. The van der Waals surface area contributed by atoms with Crippen molar-refractivity contribution in [2.24, 2.45) is 0 Å². The molecule has 0 aromatic rings. The molecule has 0 bridgehead atoms. The number of ether oxygens (including phenoxy) is 1. The largest absolute Gasteiger partial charge is 0.380 e. The predicted molar refractivity (Wildman–Crippen MR) is 61.4 cm³/mol. The zero-order valence-corrected chi connectivity index (χ0v) is 10.2. The summed E-state index contributed by atoms with van der Waals surface area (Å²) in [7, 11) is 1.65. The maximum atomic E-state index is 12.2. The molecule has 2 rings (SSSR count). The summed E-state index contributed by atoms with van der Waals surface area (Å²) in [6.45, 7) is 3.58. The van der Waals surface area contributed by atoms with Gasteiger partial charge in [-0.3, -0.25) is 9.59 Å². The van der Waals surface area contributed by atoms with E-state index in [9.17, 15) is 9.59 Å². The van der Waals surface area contributed by atoms with Crippen molar-refractivity contribution in [2.45, 2.75) is 31.5 Å². The van der Waals surface area contributed by atoms with Gasteiger partial charge in [-0.1, -0.05) is 0 Å². The number of nitrogens with one attached hydrogen (secondary N) is 2. The van der Waals surface area contributed by atoms with Crippen molar-refractivity contribution in [3.05, 3.63) is 0 Å². The van der Waals surface area contributed by atoms with E-state index in [4.69, 9.17) is 4.74 Å². The summed E-state index contributed by atoms with van der Waals surface area (Å²) in [4.78, 5) is 25.4. The van der Waals surface area contributed by atoms with Gasteiger partial charge in [-0.25, -0.2) is 0 Å². The molecule has 3 atom stereocenters. The molecule has 0 saturated carbocycles. The molecule has 2 aliphatic rings. The third kappa shape index (κ3) is 2.42. The van der Waals surface area contributed by atoms with Crippen molar-refractivity contribution in [1.82, 2.24) is 15.5 Å². The van der Waals surface area contributed by atoms with Gasteiger partial charge in [0, 0.05) is 26.7 Å². The van der Waals surface area contributed by atoms with Gasteiger partial charge in [0.1, 0.15) is 6.04 Å². The Morgan fingerprint density at radius 2 is 2.29 bits per heavy atom. The van der Waals surface area contributed by atoms with E-state index in [0.717, 1.165) is 0 Å². The van der Waals surface area contributed by atoms with E-state index in [2.05, 4.69) is 10.6 Å². The molecule has 0 aromatic carbocycles. The van der Waals surface area contributed by atoms with Gasteiger partial charge in [-0.05, 0) is 13.3 Å². The Labute approximate surface area is 101 Å². The highest BCUT2D eigenvalue weighted by atomic mass is 16.5. The average Bonchev–Trinajstić information content (AvgIpc) is 2.80. The van der Waals surface area contributed by atoms with Gasteiger partial charge in [0.15, 0.2) is 0 Å². The number of carbonyl (C=O) groups is 2. The first kappa shape index (κ1) is 12.3. The van der Waals surface area contributed by atoms with Crippen molar-refractivity contribution < 1.29 is 14.3 Å². The topological polar surface area (TPSA) is 70.7 Å². The molecule has 2 fully saturated rings. The van der Waals surface area contributed by atoms with Crippen LogP contribution in [0.4, 0.5) is 0 Å². The van der Waals surface area contributed by atoms with Gasteiger partial charge in [0.2, 0.25) is 11.8 Å². The highest BCUT2D eigenvalue weighted by Gasteiger charge is 2.36. The number of methoxy groups -OCH3 is 1. The van der Waals surface area contributed by atoms with Crippen molar-refractivity contribution >= 4 is 11.8 Å². The maximum Gasteiger partial charge on any atom is 0.242 e. The minimum atomic E-state index is -0.375. The Kier molecular flexibility index (Phi) is 3.63. The van der Waals surface area contributed by atoms with Crippen molar-refractivity contribution in [1.29, 1.82) is 0 Å². The van der Waals surface area contributed by atoms with Crippen LogP contribution in [0.5, 0.6) is 0 Å². The molecule has 2 N–H and O–H groups in total. The molecule has 0 spiro atoms. The number of hydrogen-bond acceptors (Lipinski definition) is 4. The van der Waals surface area contributed by atoms with Crippen LogP contribution < -0.4 is 10.6 Å². The molecule has 17 heavy (non-hydrogen) atoms. The van der Waals surface area contributed by atoms with Crippen LogP contribution in [0.15, 0.2) is 0 Å². The summed E-state index contributed by atoms with van der Waals surface area (Å²) in [5.74, 6) is -0.0715. The molecule has 3 unspecified atom stereocenters. The molecular formula is C11H19N3O3. The van der Waals surface area contributed by atoms with E-state index in [-0.39, 0.29) is 30.0 Å². The van der Waals surface area contributed by atoms with Crippen LogP contribution in [0.3, 0.4) is 0 Å². The second-order valence-corrected chi connectivity index (χ2v) is 4.55. The summed E-state index contributed by atoms with van der Waals surface area (Å²) in [5, 5.41) is 5.89. The van der Waals surface area contributed by atoms with E-state index in [0.29, 0.717) is 26.1 Å². The van der Waals surface area contributed by atoms with Crippen LogP contribution in [-0.2, 0) is 14.3 Å². The molecule has 96 valence electrons. The first-order valence-electron chi connectivity index (χ1n) is 5.98. The van der Waals surface area contributed by atoms with Crippen molar-refractivity contribution in [3.63, 3.8) is 0 Å². The van der Waals surface area contributed by atoms with E-state index < -0.39 is 0 Å². The molecule has 0 aromatic heterocycles. The lowest BCUT2D eigenvalue weighted by Crippen LogP contribution is -2.59. The number of carbonyl (C=O) groups excluding carboxylic acids is 2. The third-order valence-corrected chi connectivity index (χ3v) is 3.50. The molecule has 0 aliphatic carbocycles. The number of piperazine rings is 1. The highest BCUT2D eigenvalue weighted by molar-refractivity contribution is 5.90. The second-order valence-electron chi connectivity index (χ2n) is 4.55. The lowest BCUT2D eigenvalue weighted by atomic mass is 10.1. The van der Waals surface area contributed by atoms with Crippen LogP contribution in [0.25, 0.3) is 0 Å². The van der Waals surface area contributed by atoms with Gasteiger partial charge in [0.25, 0.3) is 0 Å². The summed E-state index contributed by atoms with van der Waals surface area (Å²) in [6.07, 6.45) is 0.776. The first-order chi connectivity index (χ1) is 8.13. The van der Waals surface area contributed by atoms with Gasteiger partial charge in [-0.2, -0.15) is 0 Å². The third-order valence-electron chi connectivity index (χ3n) is 3.50. The summed E-state index contributed by atoms with van der Waals surface area (Å²) < 4.78 is 5.21. The molecule has 2 saturated heterocycles. The van der Waals surface area contributed by atoms with Gasteiger partial charge >= 0.3 is 0 Å². The molecule has 0 radical (unpaired) electrons. The zero-order valence-electron chi connectivity index (χ0n) is 10.2. The van der Waals surface area contributed by atoms with Crippen LogP contribution in [0, 0.1) is 0 Å². The lowest BCUT2D eigenvalue weighted by molar-refractivity contribution is -0.143. The molecule has 2 aliphatic heterocycles. The van der Waals surface area contributed by atoms with E-state index in [1.165, 1.54) is 0 Å². The first-order valence-corrected chi connectivity index (χ1v) is 5.98. The SMILES string of the molecule is COC1CNC(C(=O)N2CCNC(=O)C2C)C1. The Morgan fingerprint density at radius 3 is 2.94 bits per heavy atom. The minimum Gasteiger partial charge on any atom is -0.380 e. The van der Waals surface area contributed by atoms with Gasteiger partial charge in [0.05, 0.1) is 12.1 Å². The summed E-state index contributed by atoms with van der Waals surface area (Å²) in [5.41, 5.74) is 0. The minimum absolute atomic E-state index is 0.00639. The standard InChI is InChI=1S/C11H19N3O3/c1-7-10(15)12-3-4-14(7)11(16)9-5-8(17-2)6-13-9/h7-9,13H,3-6H2,1-2H3,(H,12,15). The normalized spacial score (nSPS) is 33.6. The smallest absolute Gasteiger partial charge is 0.242 e. The fourth-order valence-electron chi connectivity index (χ4n) is 2.35. The van der Waals surface area contributed by atoms with Gasteiger partial charge in [-0.15, -0.1) is 0 Å². The van der Waals surface area contributed by atoms with Crippen molar-refractivity contribution in [3.8, 4) is 0 Å². The Balaban J connectivity index is 1.97. The van der Waals surface area contributed by atoms with Crippen molar-refractivity contribution in [2.75, 3.05) is 26.7 Å². The van der Waals surface area contributed by atoms with Crippen LogP contribution in [0.1, 0.15) is 13.3 Å². The Morgan fingerprint density at radius 1 is 1.53 bits per heavy atom. The Hall–Kier alpha value is -1.14. The molecule has 6 nitrogen and oxygen atoms in total. The lowest BCUT2D eigenvalue weighted by Gasteiger charge is -2.34. The number of nitrogens with zero attached hydrogens (tertiary/aromatic N) is 1. The quantitative estimate of drug-likeness (QED) is 0.631. The molecule has 6 heteroatoms. The van der Waals surface area contributed by atoms with Gasteiger partial charge < -0.3 is 20.3 Å². The monoisotopic (exact) mass is 241 g/mol. The fraction of sp³-hybridized carbons (Fsp3) is 0.818. The average molecular weight is 241 g/mol. The van der Waals surface area contributed by atoms with E-state index in [1.807, 2.05) is 0 Å². The van der Waals surface area contributed by atoms with Crippen LogP contribution in [-0.4, -0.2) is 61.6 Å². The number of rotatable bonds is 2. The Bertz CT molecular complexity index is 321. The zero-order chi connectivity index (χ0) is 12.4. The van der Waals surface area contributed by atoms with E-state index >= 15 is 0 Å². The van der Waals surface area contributed by atoms with E-state index in [1.54, 1.807) is 18.9 Å². The predicted octanol–water partition coefficient (Wildman–Crippen LogP) is -1.29. The fourth-order valence-corrected chi connectivity index (χ4v) is 2.35. The maximum absolute atomic E-state index is 12.2.